The standard InChI is InChI=1S/C16H20ClN7O2/c1-8-12(17)13(21-19-8)15(25)24-5-10-3-4-23(6-11(10)7-24)16(26)14-18-9(2)20-22-14/h10-11H,3-7H2,1-2H3,(H,19,21)(H,18,20,22)/t10-,11+/m1/s1. The molecule has 2 aliphatic heterocycles. The first-order valence-electron chi connectivity index (χ1n) is 8.62. The van der Waals surface area contributed by atoms with E-state index in [1.165, 1.54) is 0 Å². The van der Waals surface area contributed by atoms with Crippen molar-refractivity contribution in [2.24, 2.45) is 11.8 Å². The fraction of sp³-hybridized carbons (Fsp3) is 0.562. The number of piperidine rings is 1. The minimum absolute atomic E-state index is 0.156. The number of hydrogen-bond donors (Lipinski definition) is 2. The largest absolute Gasteiger partial charge is 0.337 e. The number of amides is 2. The number of hydrogen-bond acceptors (Lipinski definition) is 5. The maximum Gasteiger partial charge on any atom is 0.293 e. The van der Waals surface area contributed by atoms with Crippen LogP contribution in [0.1, 0.15) is 39.0 Å². The number of fused-ring (bicyclic) bond motifs is 1. The van der Waals surface area contributed by atoms with Gasteiger partial charge in [0.1, 0.15) is 5.82 Å². The van der Waals surface area contributed by atoms with E-state index in [0.29, 0.717) is 48.6 Å². The number of halogens is 1. The van der Waals surface area contributed by atoms with Gasteiger partial charge in [0.25, 0.3) is 11.8 Å². The molecule has 0 saturated carbocycles. The molecule has 2 fully saturated rings. The fourth-order valence-electron chi connectivity index (χ4n) is 3.81. The first-order chi connectivity index (χ1) is 12.4. The number of aromatic nitrogens is 5. The number of H-pyrrole nitrogens is 2. The lowest BCUT2D eigenvalue weighted by molar-refractivity contribution is 0.0630. The first-order valence-corrected chi connectivity index (χ1v) is 9.00. The maximum atomic E-state index is 12.7. The van der Waals surface area contributed by atoms with Gasteiger partial charge in [0.2, 0.25) is 5.82 Å². The van der Waals surface area contributed by atoms with Crippen molar-refractivity contribution in [1.82, 2.24) is 35.2 Å². The van der Waals surface area contributed by atoms with Crippen molar-refractivity contribution in [2.75, 3.05) is 26.2 Å². The highest BCUT2D eigenvalue weighted by atomic mass is 35.5. The van der Waals surface area contributed by atoms with E-state index in [4.69, 9.17) is 11.6 Å². The molecule has 0 unspecified atom stereocenters. The van der Waals surface area contributed by atoms with Gasteiger partial charge in [0.15, 0.2) is 5.69 Å². The van der Waals surface area contributed by atoms with Crippen molar-refractivity contribution >= 4 is 23.4 Å². The number of carbonyl (C=O) groups excluding carboxylic acids is 2. The molecule has 4 heterocycles. The number of nitrogens with one attached hydrogen (secondary N) is 2. The molecule has 2 N–H and O–H groups in total. The van der Waals surface area contributed by atoms with Crippen LogP contribution in [-0.4, -0.2) is 73.2 Å². The molecule has 10 heteroatoms. The van der Waals surface area contributed by atoms with Gasteiger partial charge in [-0.05, 0) is 32.1 Å². The third-order valence-corrected chi connectivity index (χ3v) is 5.70. The normalized spacial score (nSPS) is 22.6. The Morgan fingerprint density at radius 2 is 1.77 bits per heavy atom. The van der Waals surface area contributed by atoms with Crippen LogP contribution in [-0.2, 0) is 0 Å². The molecule has 2 saturated heterocycles. The highest BCUT2D eigenvalue weighted by Crippen LogP contribution is 2.33. The van der Waals surface area contributed by atoms with Gasteiger partial charge in [-0.3, -0.25) is 19.8 Å². The van der Waals surface area contributed by atoms with Crippen LogP contribution in [0, 0.1) is 25.7 Å². The quantitative estimate of drug-likeness (QED) is 0.812. The molecule has 2 aromatic heterocycles. The summed E-state index contributed by atoms with van der Waals surface area (Å²) in [5, 5.41) is 13.8. The molecular weight excluding hydrogens is 358 g/mol. The van der Waals surface area contributed by atoms with Crippen molar-refractivity contribution in [3.8, 4) is 0 Å². The van der Waals surface area contributed by atoms with Crippen molar-refractivity contribution in [3.63, 3.8) is 0 Å². The van der Waals surface area contributed by atoms with Gasteiger partial charge < -0.3 is 9.80 Å². The zero-order valence-electron chi connectivity index (χ0n) is 14.6. The third-order valence-electron chi connectivity index (χ3n) is 5.24. The number of aromatic amines is 2. The Labute approximate surface area is 155 Å². The average Bonchev–Trinajstić information content (AvgIpc) is 3.33. The van der Waals surface area contributed by atoms with Crippen molar-refractivity contribution < 1.29 is 9.59 Å². The van der Waals surface area contributed by atoms with E-state index < -0.39 is 0 Å². The highest BCUT2D eigenvalue weighted by Gasteiger charge is 2.41. The SMILES string of the molecule is Cc1nc(C(=O)N2CC[C@@H]3CN(C(=O)c4n[nH]c(C)c4Cl)C[C@@H]3C2)n[nH]1. The second-order valence-corrected chi connectivity index (χ2v) is 7.40. The minimum atomic E-state index is -0.163. The molecule has 0 aliphatic carbocycles. The van der Waals surface area contributed by atoms with Crippen molar-refractivity contribution in [1.29, 1.82) is 0 Å². The highest BCUT2D eigenvalue weighted by molar-refractivity contribution is 6.34. The van der Waals surface area contributed by atoms with E-state index in [0.717, 1.165) is 6.42 Å². The van der Waals surface area contributed by atoms with E-state index in [1.807, 2.05) is 0 Å². The number of carbonyl (C=O) groups is 2. The molecule has 2 aromatic rings. The summed E-state index contributed by atoms with van der Waals surface area (Å²) in [6.07, 6.45) is 0.858. The molecule has 138 valence electrons. The predicted octanol–water partition coefficient (Wildman–Crippen LogP) is 1.03. The Hall–Kier alpha value is -2.42. The summed E-state index contributed by atoms with van der Waals surface area (Å²) in [6.45, 7) is 6.07. The first kappa shape index (κ1) is 17.0. The predicted molar refractivity (Wildman–Crippen MR) is 92.9 cm³/mol. The summed E-state index contributed by atoms with van der Waals surface area (Å²) < 4.78 is 0. The fourth-order valence-corrected chi connectivity index (χ4v) is 3.97. The monoisotopic (exact) mass is 377 g/mol. The number of nitrogens with zero attached hydrogens (tertiary/aromatic N) is 5. The average molecular weight is 378 g/mol. The Kier molecular flexibility index (Phi) is 4.18. The Bertz CT molecular complexity index is 861. The van der Waals surface area contributed by atoms with Gasteiger partial charge in [-0.1, -0.05) is 11.6 Å². The Morgan fingerprint density at radius 1 is 1.04 bits per heavy atom. The van der Waals surface area contributed by atoms with Gasteiger partial charge in [-0.25, -0.2) is 4.98 Å². The van der Waals surface area contributed by atoms with Crippen molar-refractivity contribution in [2.45, 2.75) is 20.3 Å². The van der Waals surface area contributed by atoms with Crippen LogP contribution in [0.3, 0.4) is 0 Å². The van der Waals surface area contributed by atoms with E-state index in [-0.39, 0.29) is 29.3 Å². The van der Waals surface area contributed by atoms with Crippen LogP contribution in [0.2, 0.25) is 5.02 Å². The Morgan fingerprint density at radius 3 is 2.42 bits per heavy atom. The van der Waals surface area contributed by atoms with Gasteiger partial charge in [0.05, 0.1) is 10.7 Å². The minimum Gasteiger partial charge on any atom is -0.337 e. The van der Waals surface area contributed by atoms with Crippen LogP contribution in [0.4, 0.5) is 0 Å². The summed E-state index contributed by atoms with van der Waals surface area (Å²) >= 11 is 6.16. The molecule has 9 nitrogen and oxygen atoms in total. The summed E-state index contributed by atoms with van der Waals surface area (Å²) in [7, 11) is 0. The maximum absolute atomic E-state index is 12.7. The molecule has 0 radical (unpaired) electrons. The molecule has 0 spiro atoms. The lowest BCUT2D eigenvalue weighted by Crippen LogP contribution is -2.43. The zero-order chi connectivity index (χ0) is 18.4. The Balaban J connectivity index is 1.44. The number of likely N-dealkylation sites (tertiary alicyclic amines) is 2. The summed E-state index contributed by atoms with van der Waals surface area (Å²) in [5.41, 5.74) is 0.956. The molecular formula is C16H20ClN7O2. The summed E-state index contributed by atoms with van der Waals surface area (Å²) in [5.74, 6) is 1.13. The second kappa shape index (κ2) is 6.39. The van der Waals surface area contributed by atoms with E-state index >= 15 is 0 Å². The molecule has 2 atom stereocenters. The zero-order valence-corrected chi connectivity index (χ0v) is 15.4. The number of aryl methyl sites for hydroxylation is 2. The molecule has 2 aliphatic rings. The van der Waals surface area contributed by atoms with Crippen LogP contribution >= 0.6 is 11.6 Å². The van der Waals surface area contributed by atoms with E-state index in [9.17, 15) is 9.59 Å². The molecule has 0 aromatic carbocycles. The topological polar surface area (TPSA) is 111 Å². The van der Waals surface area contributed by atoms with Gasteiger partial charge in [0, 0.05) is 26.2 Å². The van der Waals surface area contributed by atoms with Gasteiger partial charge in [-0.2, -0.15) is 5.10 Å². The van der Waals surface area contributed by atoms with E-state index in [2.05, 4.69) is 25.4 Å². The van der Waals surface area contributed by atoms with E-state index in [1.54, 1.807) is 23.6 Å². The summed E-state index contributed by atoms with van der Waals surface area (Å²) in [4.78, 5) is 33.0. The van der Waals surface area contributed by atoms with Gasteiger partial charge >= 0.3 is 0 Å². The van der Waals surface area contributed by atoms with Crippen LogP contribution in [0.5, 0.6) is 0 Å². The lowest BCUT2D eigenvalue weighted by atomic mass is 9.89. The van der Waals surface area contributed by atoms with Gasteiger partial charge in [-0.15, -0.1) is 5.10 Å². The third kappa shape index (κ3) is 2.86. The molecule has 4 rings (SSSR count). The van der Waals surface area contributed by atoms with Crippen LogP contribution < -0.4 is 0 Å². The van der Waals surface area contributed by atoms with Crippen molar-refractivity contribution in [3.05, 3.63) is 28.1 Å². The number of rotatable bonds is 2. The smallest absolute Gasteiger partial charge is 0.293 e. The molecule has 2 amide bonds. The summed E-state index contributed by atoms with van der Waals surface area (Å²) in [6, 6.07) is 0. The second-order valence-electron chi connectivity index (χ2n) is 7.03. The molecule has 26 heavy (non-hydrogen) atoms. The lowest BCUT2D eigenvalue weighted by Gasteiger charge is -2.33. The molecule has 0 bridgehead atoms. The van der Waals surface area contributed by atoms with Crippen LogP contribution in [0.25, 0.3) is 0 Å². The van der Waals surface area contributed by atoms with Crippen LogP contribution in [0.15, 0.2) is 0 Å².